The van der Waals surface area contributed by atoms with Crippen molar-refractivity contribution in [3.05, 3.63) is 0 Å². The highest BCUT2D eigenvalue weighted by Gasteiger charge is 2.29. The summed E-state index contributed by atoms with van der Waals surface area (Å²) >= 11 is 5.42. The second-order valence-electron chi connectivity index (χ2n) is 9.29. The van der Waals surface area contributed by atoms with Crippen molar-refractivity contribution in [3.63, 3.8) is 0 Å². The summed E-state index contributed by atoms with van der Waals surface area (Å²) in [4.78, 5) is 60.4. The van der Waals surface area contributed by atoms with Crippen molar-refractivity contribution in [1.82, 2.24) is 21.3 Å². The Hall–Kier alpha value is -2.36. The average Bonchev–Trinajstić information content (AvgIpc) is 2.78. The molecule has 0 aromatic heterocycles. The predicted octanol–water partition coefficient (Wildman–Crippen LogP) is 1.98. The van der Waals surface area contributed by atoms with E-state index in [0.717, 1.165) is 12.8 Å². The van der Waals surface area contributed by atoms with Crippen molar-refractivity contribution in [1.29, 1.82) is 0 Å². The molecule has 1 unspecified atom stereocenters. The molecule has 11 heteroatoms. The number of Topliss-reactive ketones (excluding diaryl/α,β-unsaturated/α-hetero) is 1. The lowest BCUT2D eigenvalue weighted by Crippen LogP contribution is -2.53. The van der Waals surface area contributed by atoms with Crippen LogP contribution in [-0.2, 0) is 19.2 Å². The van der Waals surface area contributed by atoms with Gasteiger partial charge in [-0.05, 0) is 37.5 Å². The van der Waals surface area contributed by atoms with Gasteiger partial charge >= 0.3 is 6.03 Å². The number of carbonyl (C=O) groups excluding carboxylic acids is 5. The maximum atomic E-state index is 13.0. The molecule has 0 saturated heterocycles. The molecule has 0 spiro atoms. The first-order valence-corrected chi connectivity index (χ1v) is 13.0. The number of nitrogens with two attached hydrogens (primary N) is 1. The van der Waals surface area contributed by atoms with Crippen LogP contribution in [0.1, 0.15) is 79.1 Å². The van der Waals surface area contributed by atoms with Gasteiger partial charge in [0.05, 0.1) is 6.04 Å². The molecule has 0 aliphatic heterocycles. The first-order chi connectivity index (χ1) is 16.5. The van der Waals surface area contributed by atoms with Crippen LogP contribution in [0, 0.1) is 11.8 Å². The topological polar surface area (TPSA) is 159 Å². The second-order valence-corrected chi connectivity index (χ2v) is 9.56. The zero-order chi connectivity index (χ0) is 26.8. The summed E-state index contributed by atoms with van der Waals surface area (Å²) < 4.78 is 0. The van der Waals surface area contributed by atoms with E-state index in [1.165, 1.54) is 0 Å². The zero-order valence-corrected chi connectivity index (χ0v) is 22.3. The molecular formula is C24H44ClN5O5. The minimum absolute atomic E-state index is 0.0637. The lowest BCUT2D eigenvalue weighted by atomic mass is 9.93. The summed E-state index contributed by atoms with van der Waals surface area (Å²) in [5.41, 5.74) is 5.09. The molecule has 202 valence electrons. The Labute approximate surface area is 214 Å². The maximum Gasteiger partial charge on any atom is 0.312 e. The van der Waals surface area contributed by atoms with E-state index in [9.17, 15) is 24.0 Å². The number of ketones is 1. The van der Waals surface area contributed by atoms with Gasteiger partial charge in [0, 0.05) is 25.9 Å². The number of hydrogen-bond donors (Lipinski definition) is 5. The molecule has 0 aromatic carbocycles. The third-order valence-electron chi connectivity index (χ3n) is 5.54. The van der Waals surface area contributed by atoms with Gasteiger partial charge < -0.3 is 27.0 Å². The van der Waals surface area contributed by atoms with Crippen LogP contribution in [0.5, 0.6) is 0 Å². The molecule has 0 fully saturated rings. The molecule has 10 nitrogen and oxygen atoms in total. The van der Waals surface area contributed by atoms with Crippen LogP contribution in [0.4, 0.5) is 4.79 Å². The Morgan fingerprint density at radius 1 is 0.857 bits per heavy atom. The molecule has 0 saturated carbocycles. The fourth-order valence-corrected chi connectivity index (χ4v) is 3.73. The Kier molecular flexibility index (Phi) is 17.6. The van der Waals surface area contributed by atoms with E-state index in [4.69, 9.17) is 17.3 Å². The minimum atomic E-state index is -0.787. The van der Waals surface area contributed by atoms with Gasteiger partial charge in [-0.1, -0.05) is 40.5 Å². The summed E-state index contributed by atoms with van der Waals surface area (Å²) in [6, 6.07) is -2.14. The molecule has 6 N–H and O–H groups in total. The second kappa shape index (κ2) is 18.9. The molecular weight excluding hydrogens is 474 g/mol. The maximum absolute atomic E-state index is 13.0. The van der Waals surface area contributed by atoms with Crippen LogP contribution in [0.25, 0.3) is 0 Å². The number of nitrogens with one attached hydrogen (secondary N) is 4. The molecule has 0 aliphatic rings. The molecule has 0 aromatic rings. The highest BCUT2D eigenvalue weighted by atomic mass is 35.5. The van der Waals surface area contributed by atoms with E-state index >= 15 is 0 Å². The number of amides is 5. The third-order valence-corrected chi connectivity index (χ3v) is 5.79. The first-order valence-electron chi connectivity index (χ1n) is 12.5. The normalized spacial score (nSPS) is 13.4. The summed E-state index contributed by atoms with van der Waals surface area (Å²) in [7, 11) is 0. The molecule has 0 bridgehead atoms. The van der Waals surface area contributed by atoms with E-state index in [2.05, 4.69) is 28.2 Å². The van der Waals surface area contributed by atoms with Crippen LogP contribution < -0.4 is 27.0 Å². The highest BCUT2D eigenvalue weighted by Crippen LogP contribution is 2.14. The van der Waals surface area contributed by atoms with Gasteiger partial charge in [0.15, 0.2) is 5.78 Å². The van der Waals surface area contributed by atoms with Crippen molar-refractivity contribution in [3.8, 4) is 0 Å². The van der Waals surface area contributed by atoms with Crippen LogP contribution in [0.3, 0.4) is 0 Å². The van der Waals surface area contributed by atoms with Crippen molar-refractivity contribution >= 4 is 41.1 Å². The van der Waals surface area contributed by atoms with Crippen LogP contribution >= 0.6 is 11.6 Å². The Bertz CT molecular complexity index is 689. The molecule has 0 radical (unpaired) electrons. The van der Waals surface area contributed by atoms with E-state index in [-0.39, 0.29) is 41.7 Å². The van der Waals surface area contributed by atoms with Crippen molar-refractivity contribution in [2.75, 3.05) is 19.0 Å². The van der Waals surface area contributed by atoms with E-state index < -0.39 is 24.0 Å². The number of primary amides is 1. The van der Waals surface area contributed by atoms with Crippen molar-refractivity contribution in [2.24, 2.45) is 17.6 Å². The first kappa shape index (κ1) is 32.6. The van der Waals surface area contributed by atoms with Gasteiger partial charge in [-0.2, -0.15) is 0 Å². The lowest BCUT2D eigenvalue weighted by molar-refractivity contribution is -0.132. The predicted molar refractivity (Wildman–Crippen MR) is 137 cm³/mol. The van der Waals surface area contributed by atoms with E-state index in [1.807, 2.05) is 20.8 Å². The minimum Gasteiger partial charge on any atom is -0.355 e. The standard InChI is InChI=1S/C24H44ClN5O5/c1-5-9-17(4)14-19(31)18(10-8-13-28-24(26)35)29-23(34)22(16(2)3)30-20(32)11-6-7-12-27-21(33)15-25/h16-18,22H,5-15H2,1-4H3,(H,27,33)(H,29,34)(H,30,32)(H3,26,28,35)/t17?,18-,22-/m0/s1. The SMILES string of the molecule is CCCC(C)CC(=O)[C@H](CCCNC(N)=O)NC(=O)[C@@H](NC(=O)CCCCNC(=O)CCl)C(C)C. The molecule has 3 atom stereocenters. The smallest absolute Gasteiger partial charge is 0.312 e. The van der Waals surface area contributed by atoms with Gasteiger partial charge in [0.1, 0.15) is 11.9 Å². The molecule has 35 heavy (non-hydrogen) atoms. The molecule has 5 amide bonds. The van der Waals surface area contributed by atoms with Crippen LogP contribution in [0.2, 0.25) is 0 Å². The number of rotatable bonds is 19. The quantitative estimate of drug-likeness (QED) is 0.131. The zero-order valence-electron chi connectivity index (χ0n) is 21.6. The third kappa shape index (κ3) is 16.0. The fourth-order valence-electron chi connectivity index (χ4n) is 3.64. The van der Waals surface area contributed by atoms with Gasteiger partial charge in [-0.3, -0.25) is 19.2 Å². The average molecular weight is 518 g/mol. The number of halogens is 1. The Morgan fingerprint density at radius 2 is 1.51 bits per heavy atom. The fraction of sp³-hybridized carbons (Fsp3) is 0.792. The summed E-state index contributed by atoms with van der Waals surface area (Å²) in [5.74, 6) is -1.09. The van der Waals surface area contributed by atoms with E-state index in [1.54, 1.807) is 0 Å². The summed E-state index contributed by atoms with van der Waals surface area (Å²) in [5, 5.41) is 10.7. The number of alkyl halides is 1. The van der Waals surface area contributed by atoms with Gasteiger partial charge in [-0.15, -0.1) is 11.6 Å². The summed E-state index contributed by atoms with van der Waals surface area (Å²) in [6.07, 6.45) is 4.43. The van der Waals surface area contributed by atoms with Crippen LogP contribution in [-0.4, -0.2) is 60.6 Å². The van der Waals surface area contributed by atoms with Crippen molar-refractivity contribution < 1.29 is 24.0 Å². The summed E-state index contributed by atoms with van der Waals surface area (Å²) in [6.45, 7) is 8.44. The number of carbonyl (C=O) groups is 5. The van der Waals surface area contributed by atoms with Gasteiger partial charge in [-0.25, -0.2) is 4.79 Å². The van der Waals surface area contributed by atoms with E-state index in [0.29, 0.717) is 45.2 Å². The van der Waals surface area contributed by atoms with Gasteiger partial charge in [0.25, 0.3) is 0 Å². The van der Waals surface area contributed by atoms with Crippen molar-refractivity contribution in [2.45, 2.75) is 91.1 Å². The molecule has 0 aliphatic carbocycles. The Balaban J connectivity index is 4.97. The Morgan fingerprint density at radius 3 is 2.09 bits per heavy atom. The largest absolute Gasteiger partial charge is 0.355 e. The van der Waals surface area contributed by atoms with Gasteiger partial charge in [0.2, 0.25) is 17.7 Å². The lowest BCUT2D eigenvalue weighted by Gasteiger charge is -2.26. The van der Waals surface area contributed by atoms with Crippen LogP contribution in [0.15, 0.2) is 0 Å². The number of hydrogen-bond acceptors (Lipinski definition) is 5. The molecule has 0 heterocycles. The number of unbranched alkanes of at least 4 members (excludes halogenated alkanes) is 1. The highest BCUT2D eigenvalue weighted by molar-refractivity contribution is 6.27. The molecule has 0 rings (SSSR count). The number of urea groups is 1. The monoisotopic (exact) mass is 517 g/mol.